The van der Waals surface area contributed by atoms with Gasteiger partial charge >= 0.3 is 12.3 Å². The molecule has 0 spiro atoms. The highest BCUT2D eigenvalue weighted by molar-refractivity contribution is 5.96. The molecule has 1 N–H and O–H groups in total. The first-order valence-electron chi connectivity index (χ1n) is 12.3. The zero-order valence-electron chi connectivity index (χ0n) is 20.9. The van der Waals surface area contributed by atoms with Gasteiger partial charge in [0.05, 0.1) is 28.7 Å². The molecule has 1 amide bonds. The van der Waals surface area contributed by atoms with Crippen LogP contribution in [0, 0.1) is 11.3 Å². The molecule has 8 nitrogen and oxygen atoms in total. The number of anilines is 1. The van der Waals surface area contributed by atoms with Gasteiger partial charge in [-0.05, 0) is 56.0 Å². The lowest BCUT2D eigenvalue weighted by molar-refractivity contribution is -0.196. The molecule has 0 radical (unpaired) electrons. The van der Waals surface area contributed by atoms with E-state index in [1.165, 1.54) is 0 Å². The van der Waals surface area contributed by atoms with Gasteiger partial charge in [0.2, 0.25) is 0 Å². The molecule has 5 rings (SSSR count). The summed E-state index contributed by atoms with van der Waals surface area (Å²) in [5.74, 6) is 0.633. The van der Waals surface area contributed by atoms with Crippen LogP contribution in [0.3, 0.4) is 0 Å². The van der Waals surface area contributed by atoms with Crippen LogP contribution in [0.4, 0.5) is 23.7 Å². The van der Waals surface area contributed by atoms with E-state index in [9.17, 15) is 23.2 Å². The summed E-state index contributed by atoms with van der Waals surface area (Å²) in [5, 5.41) is 13.2. The van der Waals surface area contributed by atoms with Crippen LogP contribution >= 0.6 is 0 Å². The number of halogens is 3. The standard InChI is InChI=1S/C28H24F3N5O3/c1-17(28(29,30)31)39-27(37)35-19-7-5-18(6-8-19)26-24(14-32)23-10-9-22(38-16-20-15-33-11-12-34-20)13-25(23)36(26)21-3-2-4-21/h5-13,15,17,21H,2-4,16H2,1H3,(H,35,37). The third kappa shape index (κ3) is 5.50. The SMILES string of the molecule is CC(OC(=O)Nc1ccc(-c2c(C#N)c3ccc(OCc4cnccn4)cc3n2C2CCC2)cc1)C(F)(F)F. The van der Waals surface area contributed by atoms with Gasteiger partial charge in [-0.1, -0.05) is 12.1 Å². The Balaban J connectivity index is 1.45. The largest absolute Gasteiger partial charge is 0.487 e. The summed E-state index contributed by atoms with van der Waals surface area (Å²) in [4.78, 5) is 20.2. The maximum Gasteiger partial charge on any atom is 0.425 e. The van der Waals surface area contributed by atoms with E-state index in [2.05, 4.69) is 30.7 Å². The summed E-state index contributed by atoms with van der Waals surface area (Å²) < 4.78 is 50.6. The molecule has 2 aromatic carbocycles. The predicted molar refractivity (Wildman–Crippen MR) is 137 cm³/mol. The first-order chi connectivity index (χ1) is 18.7. The van der Waals surface area contributed by atoms with Gasteiger partial charge in [0.1, 0.15) is 18.4 Å². The number of aromatic nitrogens is 3. The monoisotopic (exact) mass is 535 g/mol. The van der Waals surface area contributed by atoms with Gasteiger partial charge in [-0.25, -0.2) is 4.79 Å². The molecule has 4 aromatic rings. The van der Waals surface area contributed by atoms with E-state index >= 15 is 0 Å². The van der Waals surface area contributed by atoms with Crippen molar-refractivity contribution in [3.8, 4) is 23.1 Å². The van der Waals surface area contributed by atoms with Crippen LogP contribution in [0.5, 0.6) is 5.75 Å². The molecule has 2 aromatic heterocycles. The Labute approximate surface area is 222 Å². The fourth-order valence-electron chi connectivity index (χ4n) is 4.45. The second-order valence-corrected chi connectivity index (χ2v) is 9.25. The summed E-state index contributed by atoms with van der Waals surface area (Å²) in [6, 6.07) is 14.7. The molecule has 1 fully saturated rings. The van der Waals surface area contributed by atoms with Crippen LogP contribution in [0.25, 0.3) is 22.2 Å². The van der Waals surface area contributed by atoms with Crippen molar-refractivity contribution in [1.29, 1.82) is 5.26 Å². The number of carbonyl (C=O) groups is 1. The average molecular weight is 536 g/mol. The summed E-state index contributed by atoms with van der Waals surface area (Å²) in [6.45, 7) is 1.01. The molecule has 1 aliphatic carbocycles. The zero-order valence-corrected chi connectivity index (χ0v) is 20.9. The average Bonchev–Trinajstić information content (AvgIpc) is 3.20. The second-order valence-electron chi connectivity index (χ2n) is 9.25. The third-order valence-corrected chi connectivity index (χ3v) is 6.68. The Hall–Kier alpha value is -4.59. The minimum Gasteiger partial charge on any atom is -0.487 e. The first-order valence-corrected chi connectivity index (χ1v) is 12.3. The van der Waals surface area contributed by atoms with E-state index in [0.717, 1.165) is 48.3 Å². The Morgan fingerprint density at radius 2 is 1.97 bits per heavy atom. The molecule has 39 heavy (non-hydrogen) atoms. The van der Waals surface area contributed by atoms with Gasteiger partial charge in [-0.15, -0.1) is 0 Å². The van der Waals surface area contributed by atoms with Crippen LogP contribution in [0.15, 0.2) is 61.1 Å². The van der Waals surface area contributed by atoms with Gasteiger partial charge in [-0.2, -0.15) is 18.4 Å². The molecule has 1 atom stereocenters. The van der Waals surface area contributed by atoms with Gasteiger partial charge in [0, 0.05) is 35.6 Å². The molecule has 0 saturated heterocycles. The van der Waals surface area contributed by atoms with Crippen LogP contribution in [0.1, 0.15) is 43.5 Å². The number of rotatable bonds is 7. The minimum absolute atomic E-state index is 0.205. The van der Waals surface area contributed by atoms with Crippen molar-refractivity contribution >= 4 is 22.7 Å². The van der Waals surface area contributed by atoms with Crippen molar-refractivity contribution in [1.82, 2.24) is 14.5 Å². The van der Waals surface area contributed by atoms with Gasteiger partial charge in [0.15, 0.2) is 6.10 Å². The number of nitrogens with one attached hydrogen (secondary N) is 1. The maximum absolute atomic E-state index is 12.7. The van der Waals surface area contributed by atoms with Crippen molar-refractivity contribution in [2.24, 2.45) is 0 Å². The van der Waals surface area contributed by atoms with Crippen molar-refractivity contribution in [3.05, 3.63) is 72.3 Å². The second kappa shape index (κ2) is 10.6. The number of hydrogen-bond acceptors (Lipinski definition) is 6. The quantitative estimate of drug-likeness (QED) is 0.280. The van der Waals surface area contributed by atoms with E-state index in [4.69, 9.17) is 4.74 Å². The fourth-order valence-corrected chi connectivity index (χ4v) is 4.45. The van der Waals surface area contributed by atoms with E-state index in [1.807, 2.05) is 18.2 Å². The fraction of sp³-hybridized carbons (Fsp3) is 0.286. The topological polar surface area (TPSA) is 102 Å². The normalized spacial score (nSPS) is 14.3. The number of alkyl halides is 3. The van der Waals surface area contributed by atoms with Crippen LogP contribution in [0.2, 0.25) is 0 Å². The Morgan fingerprint density at radius 1 is 1.21 bits per heavy atom. The van der Waals surface area contributed by atoms with Crippen LogP contribution < -0.4 is 10.1 Å². The molecule has 1 unspecified atom stereocenters. The number of amides is 1. The molecule has 200 valence electrons. The number of fused-ring (bicyclic) bond motifs is 1. The Kier molecular flexibility index (Phi) is 7.11. The van der Waals surface area contributed by atoms with E-state index in [0.29, 0.717) is 17.0 Å². The first kappa shape index (κ1) is 26.0. The highest BCUT2D eigenvalue weighted by Gasteiger charge is 2.39. The molecule has 11 heteroatoms. The summed E-state index contributed by atoms with van der Waals surface area (Å²) in [7, 11) is 0. The van der Waals surface area contributed by atoms with Crippen molar-refractivity contribution in [3.63, 3.8) is 0 Å². The number of ether oxygens (including phenoxy) is 2. The zero-order chi connectivity index (χ0) is 27.6. The smallest absolute Gasteiger partial charge is 0.425 e. The summed E-state index contributed by atoms with van der Waals surface area (Å²) in [6.07, 6.45) is -0.247. The lowest BCUT2D eigenvalue weighted by atomic mass is 9.92. The lowest BCUT2D eigenvalue weighted by Crippen LogP contribution is -2.32. The number of nitrogens with zero attached hydrogens (tertiary/aromatic N) is 4. The molecular weight excluding hydrogens is 511 g/mol. The summed E-state index contributed by atoms with van der Waals surface area (Å²) in [5.41, 5.74) is 3.81. The number of nitriles is 1. The number of hydrogen-bond donors (Lipinski definition) is 1. The van der Waals surface area contributed by atoms with Crippen LogP contribution in [-0.2, 0) is 11.3 Å². The third-order valence-electron chi connectivity index (χ3n) is 6.68. The van der Waals surface area contributed by atoms with Crippen LogP contribution in [-0.4, -0.2) is 32.9 Å². The highest BCUT2D eigenvalue weighted by Crippen LogP contribution is 2.43. The molecule has 1 aliphatic rings. The van der Waals surface area contributed by atoms with Gasteiger partial charge < -0.3 is 14.0 Å². The molecule has 0 aliphatic heterocycles. The molecule has 0 bridgehead atoms. The molecular formula is C28H24F3N5O3. The minimum atomic E-state index is -4.65. The van der Waals surface area contributed by atoms with E-state index in [1.54, 1.807) is 42.9 Å². The van der Waals surface area contributed by atoms with E-state index in [-0.39, 0.29) is 18.3 Å². The van der Waals surface area contributed by atoms with Crippen molar-refractivity contribution in [2.45, 2.75) is 51.1 Å². The van der Waals surface area contributed by atoms with Gasteiger partial charge in [0.25, 0.3) is 0 Å². The molecule has 2 heterocycles. The molecule has 1 saturated carbocycles. The van der Waals surface area contributed by atoms with Crippen molar-refractivity contribution < 1.29 is 27.4 Å². The van der Waals surface area contributed by atoms with Crippen molar-refractivity contribution in [2.75, 3.05) is 5.32 Å². The van der Waals surface area contributed by atoms with E-state index < -0.39 is 18.4 Å². The summed E-state index contributed by atoms with van der Waals surface area (Å²) >= 11 is 0. The maximum atomic E-state index is 12.7. The highest BCUT2D eigenvalue weighted by atomic mass is 19.4. The Bertz CT molecular complexity index is 1520. The Morgan fingerprint density at radius 3 is 2.59 bits per heavy atom. The number of carbonyl (C=O) groups excluding carboxylic acids is 1. The lowest BCUT2D eigenvalue weighted by Gasteiger charge is -2.30. The van der Waals surface area contributed by atoms with Gasteiger partial charge in [-0.3, -0.25) is 15.3 Å². The number of benzene rings is 2. The predicted octanol–water partition coefficient (Wildman–Crippen LogP) is 6.77.